The average molecular weight is 351 g/mol. The van der Waals surface area contributed by atoms with Gasteiger partial charge >= 0.3 is 0 Å². The van der Waals surface area contributed by atoms with E-state index in [1.807, 2.05) is 58.9 Å². The molecule has 1 rings (SSSR count). The van der Waals surface area contributed by atoms with Gasteiger partial charge in [0.05, 0.1) is 24.4 Å². The maximum atomic E-state index is 10.4. The number of guanidine groups is 1. The third kappa shape index (κ3) is 8.23. The quantitative estimate of drug-likeness (QED) is 0.471. The van der Waals surface area contributed by atoms with Crippen LogP contribution in [-0.2, 0) is 4.74 Å². The number of hydrogen-bond donors (Lipinski definition) is 3. The Kier molecular flexibility index (Phi) is 8.72. The van der Waals surface area contributed by atoms with Crippen molar-refractivity contribution in [2.45, 2.75) is 52.4 Å². The smallest absolute Gasteiger partial charge is 0.191 e. The number of nitrogens with one attached hydrogen (secondary N) is 2. The van der Waals surface area contributed by atoms with E-state index in [0.29, 0.717) is 19.0 Å². The van der Waals surface area contributed by atoms with Crippen molar-refractivity contribution in [3.05, 3.63) is 29.8 Å². The zero-order chi connectivity index (χ0) is 18.9. The Morgan fingerprint density at radius 3 is 2.36 bits per heavy atom. The zero-order valence-electron chi connectivity index (χ0n) is 16.3. The van der Waals surface area contributed by atoms with Gasteiger partial charge in [0.1, 0.15) is 5.75 Å². The largest absolute Gasteiger partial charge is 0.491 e. The van der Waals surface area contributed by atoms with Gasteiger partial charge in [-0.05, 0) is 52.3 Å². The van der Waals surface area contributed by atoms with Crippen LogP contribution in [-0.4, -0.2) is 49.5 Å². The molecule has 25 heavy (non-hydrogen) atoms. The highest BCUT2D eigenvalue weighted by molar-refractivity contribution is 5.79. The number of methoxy groups -OCH3 is 1. The van der Waals surface area contributed by atoms with E-state index >= 15 is 0 Å². The molecule has 0 saturated carbocycles. The highest BCUT2D eigenvalue weighted by atomic mass is 16.5. The summed E-state index contributed by atoms with van der Waals surface area (Å²) in [5, 5.41) is 16.7. The summed E-state index contributed by atoms with van der Waals surface area (Å²) in [7, 11) is 1.67. The molecule has 0 bridgehead atoms. The van der Waals surface area contributed by atoms with Crippen molar-refractivity contribution >= 4 is 5.96 Å². The first-order chi connectivity index (χ1) is 11.8. The fourth-order valence-electron chi connectivity index (χ4n) is 2.03. The lowest BCUT2D eigenvalue weighted by atomic mass is 10.1. The van der Waals surface area contributed by atoms with E-state index in [-0.39, 0.29) is 11.7 Å². The molecule has 0 fully saturated rings. The standard InChI is InChI=1S/C19H33N3O3/c1-7-20-18(22-13-19(4,5)24-6)21-12-17(23)15-8-10-16(11-9-15)25-14(2)3/h8-11,14,17,23H,7,12-13H2,1-6H3,(H2,20,21,22). The van der Waals surface area contributed by atoms with E-state index in [0.717, 1.165) is 17.9 Å². The van der Waals surface area contributed by atoms with Crippen LogP contribution < -0.4 is 15.4 Å². The van der Waals surface area contributed by atoms with Gasteiger partial charge in [0.15, 0.2) is 5.96 Å². The molecule has 1 atom stereocenters. The number of benzene rings is 1. The third-order valence-electron chi connectivity index (χ3n) is 3.61. The molecular formula is C19H33N3O3. The maximum Gasteiger partial charge on any atom is 0.191 e. The molecule has 1 aromatic carbocycles. The fraction of sp³-hybridized carbons (Fsp3) is 0.632. The van der Waals surface area contributed by atoms with Gasteiger partial charge in [0.25, 0.3) is 0 Å². The predicted octanol–water partition coefficient (Wildman–Crippen LogP) is 2.49. The lowest BCUT2D eigenvalue weighted by molar-refractivity contribution is 0.0310. The van der Waals surface area contributed by atoms with Crippen LogP contribution in [0.3, 0.4) is 0 Å². The number of hydrogen-bond acceptors (Lipinski definition) is 4. The molecule has 142 valence electrons. The first-order valence-corrected chi connectivity index (χ1v) is 8.79. The van der Waals surface area contributed by atoms with Gasteiger partial charge in [0, 0.05) is 20.2 Å². The van der Waals surface area contributed by atoms with E-state index in [1.54, 1.807) is 7.11 Å². The molecule has 0 amide bonds. The highest BCUT2D eigenvalue weighted by Crippen LogP contribution is 2.18. The molecular weight excluding hydrogens is 318 g/mol. The van der Waals surface area contributed by atoms with Gasteiger partial charge in [0.2, 0.25) is 0 Å². The molecule has 6 nitrogen and oxygen atoms in total. The Morgan fingerprint density at radius 2 is 1.84 bits per heavy atom. The maximum absolute atomic E-state index is 10.4. The number of aliphatic hydroxyl groups is 1. The summed E-state index contributed by atoms with van der Waals surface area (Å²) in [5.41, 5.74) is 0.504. The molecule has 6 heteroatoms. The molecule has 0 aromatic heterocycles. The molecule has 0 aliphatic heterocycles. The summed E-state index contributed by atoms with van der Waals surface area (Å²) in [6.45, 7) is 11.6. The molecule has 0 aliphatic rings. The molecule has 0 saturated heterocycles. The van der Waals surface area contributed by atoms with Crippen LogP contribution in [0.2, 0.25) is 0 Å². The topological polar surface area (TPSA) is 75.1 Å². The zero-order valence-corrected chi connectivity index (χ0v) is 16.3. The Balaban J connectivity index is 2.61. The van der Waals surface area contributed by atoms with Crippen LogP contribution in [0, 0.1) is 0 Å². The number of aliphatic hydroxyl groups excluding tert-OH is 1. The van der Waals surface area contributed by atoms with Crippen LogP contribution in [0.15, 0.2) is 29.3 Å². The summed E-state index contributed by atoms with van der Waals surface area (Å²) in [4.78, 5) is 4.51. The summed E-state index contributed by atoms with van der Waals surface area (Å²) >= 11 is 0. The molecule has 0 heterocycles. The lowest BCUT2D eigenvalue weighted by Crippen LogP contribution is -2.40. The minimum absolute atomic E-state index is 0.132. The SMILES string of the molecule is CCNC(=NCC(C)(C)OC)NCC(O)c1ccc(OC(C)C)cc1. The minimum Gasteiger partial charge on any atom is -0.491 e. The fourth-order valence-corrected chi connectivity index (χ4v) is 2.03. The summed E-state index contributed by atoms with van der Waals surface area (Å²) < 4.78 is 11.0. The van der Waals surface area contributed by atoms with Crippen molar-refractivity contribution in [2.24, 2.45) is 4.99 Å². The van der Waals surface area contributed by atoms with Gasteiger partial charge in [-0.15, -0.1) is 0 Å². The number of nitrogens with zero attached hydrogens (tertiary/aromatic N) is 1. The summed E-state index contributed by atoms with van der Waals surface area (Å²) in [5.74, 6) is 1.46. The van der Waals surface area contributed by atoms with Crippen molar-refractivity contribution in [1.82, 2.24) is 10.6 Å². The predicted molar refractivity (Wildman–Crippen MR) is 102 cm³/mol. The van der Waals surface area contributed by atoms with E-state index < -0.39 is 6.10 Å². The highest BCUT2D eigenvalue weighted by Gasteiger charge is 2.16. The first-order valence-electron chi connectivity index (χ1n) is 8.79. The van der Waals surface area contributed by atoms with E-state index in [1.165, 1.54) is 0 Å². The number of aliphatic imine (C=N–C) groups is 1. The average Bonchev–Trinajstić information content (AvgIpc) is 2.57. The van der Waals surface area contributed by atoms with E-state index in [2.05, 4.69) is 15.6 Å². The van der Waals surface area contributed by atoms with Crippen LogP contribution in [0.4, 0.5) is 0 Å². The molecule has 1 unspecified atom stereocenters. The van der Waals surface area contributed by atoms with Crippen molar-refractivity contribution in [1.29, 1.82) is 0 Å². The molecule has 0 spiro atoms. The number of ether oxygens (including phenoxy) is 2. The van der Waals surface area contributed by atoms with Gasteiger partial charge in [-0.2, -0.15) is 0 Å². The third-order valence-corrected chi connectivity index (χ3v) is 3.61. The van der Waals surface area contributed by atoms with Gasteiger partial charge in [-0.1, -0.05) is 12.1 Å². The molecule has 0 radical (unpaired) electrons. The number of rotatable bonds is 9. The lowest BCUT2D eigenvalue weighted by Gasteiger charge is -2.22. The van der Waals surface area contributed by atoms with Gasteiger partial charge in [-0.3, -0.25) is 4.99 Å². The molecule has 3 N–H and O–H groups in total. The molecule has 1 aromatic rings. The van der Waals surface area contributed by atoms with Crippen molar-refractivity contribution in [3.8, 4) is 5.75 Å². The van der Waals surface area contributed by atoms with Crippen LogP contribution >= 0.6 is 0 Å². The first kappa shape index (κ1) is 21.3. The van der Waals surface area contributed by atoms with E-state index in [4.69, 9.17) is 9.47 Å². The Morgan fingerprint density at radius 1 is 1.20 bits per heavy atom. The van der Waals surface area contributed by atoms with Crippen LogP contribution in [0.1, 0.15) is 46.3 Å². The second kappa shape index (κ2) is 10.3. The van der Waals surface area contributed by atoms with Crippen LogP contribution in [0.5, 0.6) is 5.75 Å². The van der Waals surface area contributed by atoms with Crippen LogP contribution in [0.25, 0.3) is 0 Å². The van der Waals surface area contributed by atoms with Crippen molar-refractivity contribution < 1.29 is 14.6 Å². The summed E-state index contributed by atoms with van der Waals surface area (Å²) in [6.07, 6.45) is -0.500. The Hall–Kier alpha value is -1.79. The van der Waals surface area contributed by atoms with Gasteiger partial charge in [-0.25, -0.2) is 0 Å². The minimum atomic E-state index is -0.632. The second-order valence-corrected chi connectivity index (χ2v) is 6.79. The van der Waals surface area contributed by atoms with Crippen molar-refractivity contribution in [3.63, 3.8) is 0 Å². The summed E-state index contributed by atoms with van der Waals surface area (Å²) in [6, 6.07) is 7.50. The van der Waals surface area contributed by atoms with Crippen molar-refractivity contribution in [2.75, 3.05) is 26.7 Å². The van der Waals surface area contributed by atoms with E-state index in [9.17, 15) is 5.11 Å². The molecule has 0 aliphatic carbocycles. The monoisotopic (exact) mass is 351 g/mol. The Bertz CT molecular complexity index is 527. The second-order valence-electron chi connectivity index (χ2n) is 6.79. The normalized spacial score (nSPS) is 13.7. The van der Waals surface area contributed by atoms with Gasteiger partial charge < -0.3 is 25.2 Å². The Labute approximate surface area is 151 Å².